The normalized spacial score (nSPS) is 23.8. The van der Waals surface area contributed by atoms with Crippen LogP contribution in [0.4, 0.5) is 4.39 Å². The highest BCUT2D eigenvalue weighted by Crippen LogP contribution is 2.36. The molecule has 1 unspecified atom stereocenters. The van der Waals surface area contributed by atoms with E-state index < -0.39 is 10.2 Å². The van der Waals surface area contributed by atoms with Crippen molar-refractivity contribution in [1.82, 2.24) is 14.3 Å². The van der Waals surface area contributed by atoms with E-state index in [9.17, 15) is 12.8 Å². The largest absolute Gasteiger partial charge is 0.314 e. The summed E-state index contributed by atoms with van der Waals surface area (Å²) in [6, 6.07) is 4.23. The number of hydrogen-bond acceptors (Lipinski definition) is 4. The van der Waals surface area contributed by atoms with Crippen molar-refractivity contribution in [2.24, 2.45) is 0 Å². The van der Waals surface area contributed by atoms with E-state index in [1.54, 1.807) is 17.8 Å². The van der Waals surface area contributed by atoms with Crippen LogP contribution in [0.25, 0.3) is 0 Å². The number of piperazine rings is 1. The van der Waals surface area contributed by atoms with E-state index >= 15 is 0 Å². The van der Waals surface area contributed by atoms with Crippen LogP contribution in [0.2, 0.25) is 0 Å². The Bertz CT molecular complexity index is 618. The molecule has 0 aliphatic carbocycles. The number of nitrogens with one attached hydrogen (secondary N) is 2. The van der Waals surface area contributed by atoms with E-state index in [0.29, 0.717) is 32.6 Å². The third-order valence-corrected chi connectivity index (χ3v) is 6.47. The zero-order chi connectivity index (χ0) is 14.9. The van der Waals surface area contributed by atoms with E-state index in [-0.39, 0.29) is 11.9 Å². The third kappa shape index (κ3) is 3.40. The monoisotopic (exact) mass is 331 g/mol. The summed E-state index contributed by atoms with van der Waals surface area (Å²) < 4.78 is 42.5. The van der Waals surface area contributed by atoms with Crippen LogP contribution in [0.5, 0.6) is 0 Å². The maximum atomic E-state index is 13.5. The zero-order valence-electron chi connectivity index (χ0n) is 11.5. The summed E-state index contributed by atoms with van der Waals surface area (Å²) in [4.78, 5) is 0.954. The zero-order valence-corrected chi connectivity index (χ0v) is 13.1. The van der Waals surface area contributed by atoms with E-state index in [0.717, 1.165) is 16.2 Å². The standard InChI is InChI=1S/C13H18FN3O2S2/c14-10-1-2-13-11(9-10)12(3-8-20-13)16-21(18,19)17-6-4-15-5-7-17/h1-2,9,12,15-16H,3-8H2. The van der Waals surface area contributed by atoms with Gasteiger partial charge in [-0.25, -0.2) is 4.39 Å². The molecule has 0 spiro atoms. The maximum Gasteiger partial charge on any atom is 0.280 e. The molecule has 2 heterocycles. The second-order valence-corrected chi connectivity index (χ2v) is 7.98. The van der Waals surface area contributed by atoms with Crippen LogP contribution in [-0.2, 0) is 10.2 Å². The van der Waals surface area contributed by atoms with Gasteiger partial charge in [0.25, 0.3) is 10.2 Å². The third-order valence-electron chi connectivity index (χ3n) is 3.72. The molecular weight excluding hydrogens is 313 g/mol. The number of fused-ring (bicyclic) bond motifs is 1. The Labute approximate surface area is 128 Å². The fourth-order valence-corrected chi connectivity index (χ4v) is 5.15. The SMILES string of the molecule is O=S(=O)(NC1CCSc2ccc(F)cc21)N1CCNCC1. The van der Waals surface area contributed by atoms with Gasteiger partial charge in [0.05, 0.1) is 0 Å². The van der Waals surface area contributed by atoms with E-state index in [1.165, 1.54) is 16.4 Å². The van der Waals surface area contributed by atoms with Gasteiger partial charge in [0.15, 0.2) is 0 Å². The van der Waals surface area contributed by atoms with Crippen LogP contribution >= 0.6 is 11.8 Å². The lowest BCUT2D eigenvalue weighted by molar-refractivity contribution is 0.350. The van der Waals surface area contributed by atoms with Gasteiger partial charge in [0.1, 0.15) is 5.82 Å². The van der Waals surface area contributed by atoms with Gasteiger partial charge in [-0.15, -0.1) is 11.8 Å². The van der Waals surface area contributed by atoms with Gasteiger partial charge in [0, 0.05) is 37.1 Å². The summed E-state index contributed by atoms with van der Waals surface area (Å²) in [5, 5.41) is 3.13. The van der Waals surface area contributed by atoms with Gasteiger partial charge < -0.3 is 5.32 Å². The lowest BCUT2D eigenvalue weighted by atomic mass is 10.0. The topological polar surface area (TPSA) is 61.4 Å². The minimum Gasteiger partial charge on any atom is -0.314 e. The van der Waals surface area contributed by atoms with Crippen molar-refractivity contribution >= 4 is 22.0 Å². The summed E-state index contributed by atoms with van der Waals surface area (Å²) in [6.45, 7) is 2.25. The van der Waals surface area contributed by atoms with Crippen molar-refractivity contribution in [3.05, 3.63) is 29.6 Å². The Morgan fingerprint density at radius 3 is 2.86 bits per heavy atom. The Hall–Kier alpha value is -0.670. The van der Waals surface area contributed by atoms with Gasteiger partial charge in [-0.2, -0.15) is 17.4 Å². The highest BCUT2D eigenvalue weighted by Gasteiger charge is 2.30. The molecule has 3 rings (SSSR count). The number of halogens is 1. The molecular formula is C13H18FN3O2S2. The van der Waals surface area contributed by atoms with Crippen LogP contribution in [0.3, 0.4) is 0 Å². The first-order valence-electron chi connectivity index (χ1n) is 6.97. The Balaban J connectivity index is 1.81. The summed E-state index contributed by atoms with van der Waals surface area (Å²) in [5.41, 5.74) is 0.741. The minimum atomic E-state index is -3.53. The molecule has 1 saturated heterocycles. The second-order valence-electron chi connectivity index (χ2n) is 5.14. The number of benzene rings is 1. The number of hydrogen-bond donors (Lipinski definition) is 2. The first-order chi connectivity index (χ1) is 10.1. The molecule has 1 aromatic carbocycles. The van der Waals surface area contributed by atoms with Crippen molar-refractivity contribution < 1.29 is 12.8 Å². The summed E-state index contributed by atoms with van der Waals surface area (Å²) in [7, 11) is -3.53. The second kappa shape index (κ2) is 6.21. The summed E-state index contributed by atoms with van der Waals surface area (Å²) in [5.74, 6) is 0.496. The lowest BCUT2D eigenvalue weighted by Crippen LogP contribution is -2.51. The lowest BCUT2D eigenvalue weighted by Gasteiger charge is -2.31. The Kier molecular flexibility index (Phi) is 4.51. The molecule has 0 radical (unpaired) electrons. The van der Waals surface area contributed by atoms with Gasteiger partial charge in [-0.05, 0) is 35.9 Å². The molecule has 0 aromatic heterocycles. The van der Waals surface area contributed by atoms with Crippen LogP contribution < -0.4 is 10.0 Å². The highest BCUT2D eigenvalue weighted by molar-refractivity contribution is 7.99. The van der Waals surface area contributed by atoms with Crippen molar-refractivity contribution in [3.8, 4) is 0 Å². The van der Waals surface area contributed by atoms with Crippen LogP contribution in [-0.4, -0.2) is 44.7 Å². The molecule has 2 N–H and O–H groups in total. The molecule has 1 aromatic rings. The fraction of sp³-hybridized carbons (Fsp3) is 0.538. The number of thioether (sulfide) groups is 1. The average molecular weight is 331 g/mol. The van der Waals surface area contributed by atoms with E-state index in [2.05, 4.69) is 10.0 Å². The predicted octanol–water partition coefficient (Wildman–Crippen LogP) is 1.10. The molecule has 1 atom stereocenters. The van der Waals surface area contributed by atoms with Crippen LogP contribution in [0.1, 0.15) is 18.0 Å². The highest BCUT2D eigenvalue weighted by atomic mass is 32.2. The first kappa shape index (κ1) is 15.2. The Morgan fingerprint density at radius 2 is 2.10 bits per heavy atom. The quantitative estimate of drug-likeness (QED) is 0.871. The molecule has 0 saturated carbocycles. The van der Waals surface area contributed by atoms with Gasteiger partial charge in [-0.1, -0.05) is 0 Å². The smallest absolute Gasteiger partial charge is 0.280 e. The van der Waals surface area contributed by atoms with Crippen LogP contribution in [0, 0.1) is 5.82 Å². The molecule has 1 fully saturated rings. The molecule has 8 heteroatoms. The van der Waals surface area contributed by atoms with Gasteiger partial charge in [-0.3, -0.25) is 0 Å². The van der Waals surface area contributed by atoms with Crippen molar-refractivity contribution in [2.75, 3.05) is 31.9 Å². The number of nitrogens with zero attached hydrogens (tertiary/aromatic N) is 1. The first-order valence-corrected chi connectivity index (χ1v) is 9.39. The van der Waals surface area contributed by atoms with E-state index in [4.69, 9.17) is 0 Å². The molecule has 5 nitrogen and oxygen atoms in total. The maximum absolute atomic E-state index is 13.5. The predicted molar refractivity (Wildman–Crippen MR) is 81.0 cm³/mol. The van der Waals surface area contributed by atoms with Gasteiger partial charge >= 0.3 is 0 Å². The van der Waals surface area contributed by atoms with Crippen molar-refractivity contribution in [1.29, 1.82) is 0 Å². The molecule has 0 amide bonds. The van der Waals surface area contributed by atoms with Crippen molar-refractivity contribution in [2.45, 2.75) is 17.4 Å². The average Bonchev–Trinajstić information content (AvgIpc) is 2.48. The minimum absolute atomic E-state index is 0.331. The van der Waals surface area contributed by atoms with Crippen molar-refractivity contribution in [3.63, 3.8) is 0 Å². The molecule has 116 valence electrons. The molecule has 2 aliphatic rings. The number of rotatable bonds is 3. The Morgan fingerprint density at radius 1 is 1.33 bits per heavy atom. The summed E-state index contributed by atoms with van der Waals surface area (Å²) in [6.07, 6.45) is 0.673. The summed E-state index contributed by atoms with van der Waals surface area (Å²) >= 11 is 1.64. The molecule has 2 aliphatic heterocycles. The van der Waals surface area contributed by atoms with Gasteiger partial charge in [0.2, 0.25) is 0 Å². The fourth-order valence-electron chi connectivity index (χ4n) is 2.63. The molecule has 21 heavy (non-hydrogen) atoms. The van der Waals surface area contributed by atoms with Crippen LogP contribution in [0.15, 0.2) is 23.1 Å². The van der Waals surface area contributed by atoms with E-state index in [1.807, 2.05) is 0 Å². The molecule has 0 bridgehead atoms.